The molecule has 1 aromatic heterocycles. The Morgan fingerprint density at radius 2 is 1.93 bits per heavy atom. The third-order valence-corrected chi connectivity index (χ3v) is 5.23. The molecule has 148 valence electrons. The normalized spacial score (nSPS) is 15.2. The first-order chi connectivity index (χ1) is 13.5. The van der Waals surface area contributed by atoms with Gasteiger partial charge in [-0.05, 0) is 74.5 Å². The molecule has 1 aliphatic heterocycles. The lowest BCUT2D eigenvalue weighted by Gasteiger charge is -2.31. The summed E-state index contributed by atoms with van der Waals surface area (Å²) >= 11 is 0. The summed E-state index contributed by atoms with van der Waals surface area (Å²) in [6.07, 6.45) is 5.72. The van der Waals surface area contributed by atoms with Crippen molar-refractivity contribution in [2.75, 3.05) is 25.0 Å². The molecule has 0 aliphatic carbocycles. The van der Waals surface area contributed by atoms with E-state index < -0.39 is 11.8 Å². The molecule has 2 aromatic rings. The predicted octanol–water partition coefficient (Wildman–Crippen LogP) is 2.67. The number of carbonyl (C=O) groups is 2. The molecule has 0 radical (unpaired) electrons. The SMILES string of the molecule is Cc1ccc(C)c(NC(=O)C(=O)NCC2CCN(Cc3cccnc3)CC2)c1. The van der Waals surface area contributed by atoms with E-state index in [1.807, 2.05) is 44.3 Å². The number of hydrogen-bond acceptors (Lipinski definition) is 4. The molecule has 28 heavy (non-hydrogen) atoms. The van der Waals surface area contributed by atoms with Crippen molar-refractivity contribution in [3.8, 4) is 0 Å². The summed E-state index contributed by atoms with van der Waals surface area (Å²) in [5, 5.41) is 5.50. The number of nitrogens with one attached hydrogen (secondary N) is 2. The monoisotopic (exact) mass is 380 g/mol. The molecule has 1 fully saturated rings. The highest BCUT2D eigenvalue weighted by molar-refractivity contribution is 6.39. The molecule has 0 bridgehead atoms. The molecule has 6 heteroatoms. The van der Waals surface area contributed by atoms with Crippen LogP contribution in [0.4, 0.5) is 5.69 Å². The van der Waals surface area contributed by atoms with Gasteiger partial charge >= 0.3 is 11.8 Å². The lowest BCUT2D eigenvalue weighted by molar-refractivity contribution is -0.136. The van der Waals surface area contributed by atoms with Crippen LogP contribution in [-0.2, 0) is 16.1 Å². The minimum Gasteiger partial charge on any atom is -0.348 e. The maximum absolute atomic E-state index is 12.2. The fourth-order valence-corrected chi connectivity index (χ4v) is 3.47. The molecule has 6 nitrogen and oxygen atoms in total. The van der Waals surface area contributed by atoms with Gasteiger partial charge in [0.2, 0.25) is 0 Å². The fraction of sp³-hybridized carbons (Fsp3) is 0.409. The van der Waals surface area contributed by atoms with Gasteiger partial charge in [0.05, 0.1) is 0 Å². The van der Waals surface area contributed by atoms with Crippen molar-refractivity contribution in [2.24, 2.45) is 5.92 Å². The van der Waals surface area contributed by atoms with Crippen LogP contribution in [0.1, 0.15) is 29.5 Å². The van der Waals surface area contributed by atoms with E-state index in [9.17, 15) is 9.59 Å². The standard InChI is InChI=1S/C22H28N4O2/c1-16-5-6-17(2)20(12-16)25-22(28)21(27)24-14-18-7-10-26(11-8-18)15-19-4-3-9-23-13-19/h3-6,9,12-13,18H,7-8,10-11,14-15H2,1-2H3,(H,24,27)(H,25,28). The average molecular weight is 380 g/mol. The molecular weight excluding hydrogens is 352 g/mol. The van der Waals surface area contributed by atoms with Gasteiger partial charge in [0.15, 0.2) is 0 Å². The highest BCUT2D eigenvalue weighted by atomic mass is 16.2. The predicted molar refractivity (Wildman–Crippen MR) is 110 cm³/mol. The molecule has 0 spiro atoms. The number of amides is 2. The van der Waals surface area contributed by atoms with Gasteiger partial charge in [-0.15, -0.1) is 0 Å². The average Bonchev–Trinajstić information content (AvgIpc) is 2.70. The zero-order chi connectivity index (χ0) is 19.9. The van der Waals surface area contributed by atoms with Crippen molar-refractivity contribution < 1.29 is 9.59 Å². The minimum atomic E-state index is -0.609. The quantitative estimate of drug-likeness (QED) is 0.782. The molecule has 0 saturated carbocycles. The summed E-state index contributed by atoms with van der Waals surface area (Å²) in [7, 11) is 0. The van der Waals surface area contributed by atoms with E-state index >= 15 is 0 Å². The first-order valence-corrected chi connectivity index (χ1v) is 9.79. The van der Waals surface area contributed by atoms with Crippen LogP contribution >= 0.6 is 0 Å². The van der Waals surface area contributed by atoms with E-state index in [2.05, 4.69) is 26.6 Å². The summed E-state index contributed by atoms with van der Waals surface area (Å²) in [6.45, 7) is 7.29. The summed E-state index contributed by atoms with van der Waals surface area (Å²) < 4.78 is 0. The largest absolute Gasteiger partial charge is 0.348 e. The number of anilines is 1. The Hall–Kier alpha value is -2.73. The second-order valence-corrected chi connectivity index (χ2v) is 7.56. The van der Waals surface area contributed by atoms with Gasteiger partial charge in [0.1, 0.15) is 0 Å². The summed E-state index contributed by atoms with van der Waals surface area (Å²) in [6, 6.07) is 9.83. The lowest BCUT2D eigenvalue weighted by atomic mass is 9.96. The van der Waals surface area contributed by atoms with Crippen molar-refractivity contribution in [1.29, 1.82) is 0 Å². The van der Waals surface area contributed by atoms with Gasteiger partial charge in [0, 0.05) is 31.2 Å². The number of pyridine rings is 1. The smallest absolute Gasteiger partial charge is 0.313 e. The number of likely N-dealkylation sites (tertiary alicyclic amines) is 1. The Balaban J connectivity index is 1.40. The number of nitrogens with zero attached hydrogens (tertiary/aromatic N) is 2. The molecule has 1 aliphatic rings. The van der Waals surface area contributed by atoms with Gasteiger partial charge in [-0.3, -0.25) is 19.5 Å². The first-order valence-electron chi connectivity index (χ1n) is 9.79. The van der Waals surface area contributed by atoms with E-state index in [1.54, 1.807) is 6.20 Å². The molecular formula is C22H28N4O2. The zero-order valence-electron chi connectivity index (χ0n) is 16.6. The second-order valence-electron chi connectivity index (χ2n) is 7.56. The van der Waals surface area contributed by atoms with E-state index in [4.69, 9.17) is 0 Å². The van der Waals surface area contributed by atoms with Gasteiger partial charge < -0.3 is 10.6 Å². The van der Waals surface area contributed by atoms with Gasteiger partial charge in [-0.2, -0.15) is 0 Å². The second kappa shape index (κ2) is 9.46. The summed E-state index contributed by atoms with van der Waals surface area (Å²) in [5.74, 6) is -0.774. The third kappa shape index (κ3) is 5.63. The maximum atomic E-state index is 12.2. The van der Waals surface area contributed by atoms with Crippen molar-refractivity contribution in [2.45, 2.75) is 33.2 Å². The minimum absolute atomic E-state index is 0.405. The van der Waals surface area contributed by atoms with Gasteiger partial charge in [0.25, 0.3) is 0 Å². The van der Waals surface area contributed by atoms with Crippen molar-refractivity contribution >= 4 is 17.5 Å². The van der Waals surface area contributed by atoms with E-state index in [1.165, 1.54) is 5.56 Å². The van der Waals surface area contributed by atoms with Crippen LogP contribution in [0.3, 0.4) is 0 Å². The van der Waals surface area contributed by atoms with Crippen molar-refractivity contribution in [3.63, 3.8) is 0 Å². The van der Waals surface area contributed by atoms with Gasteiger partial charge in [-0.25, -0.2) is 0 Å². The van der Waals surface area contributed by atoms with E-state index in [0.717, 1.165) is 43.6 Å². The van der Waals surface area contributed by atoms with Crippen molar-refractivity contribution in [3.05, 3.63) is 59.4 Å². The van der Waals surface area contributed by atoms with Crippen LogP contribution < -0.4 is 10.6 Å². The summed E-state index contributed by atoms with van der Waals surface area (Å²) in [4.78, 5) is 30.9. The Labute approximate surface area is 166 Å². The molecule has 0 unspecified atom stereocenters. The number of hydrogen-bond donors (Lipinski definition) is 2. The highest BCUT2D eigenvalue weighted by Crippen LogP contribution is 2.19. The number of aryl methyl sites for hydroxylation is 2. The van der Waals surface area contributed by atoms with Crippen LogP contribution in [0, 0.1) is 19.8 Å². The molecule has 2 N–H and O–H groups in total. The summed E-state index contributed by atoms with van der Waals surface area (Å²) in [5.41, 5.74) is 3.88. The first kappa shape index (κ1) is 20.0. The molecule has 1 aromatic carbocycles. The highest BCUT2D eigenvalue weighted by Gasteiger charge is 2.21. The van der Waals surface area contributed by atoms with Crippen LogP contribution in [0.2, 0.25) is 0 Å². The number of rotatable bonds is 5. The van der Waals surface area contributed by atoms with E-state index in [0.29, 0.717) is 18.2 Å². The molecule has 1 saturated heterocycles. The van der Waals surface area contributed by atoms with Crippen LogP contribution in [0.15, 0.2) is 42.7 Å². The zero-order valence-corrected chi connectivity index (χ0v) is 16.6. The molecule has 2 heterocycles. The van der Waals surface area contributed by atoms with Gasteiger partial charge in [-0.1, -0.05) is 18.2 Å². The lowest BCUT2D eigenvalue weighted by Crippen LogP contribution is -2.41. The number of benzene rings is 1. The number of piperidine rings is 1. The molecule has 2 amide bonds. The molecule has 3 rings (SSSR count). The van der Waals surface area contributed by atoms with Crippen molar-refractivity contribution in [1.82, 2.24) is 15.2 Å². The third-order valence-electron chi connectivity index (χ3n) is 5.23. The van der Waals surface area contributed by atoms with Crippen LogP contribution in [-0.4, -0.2) is 41.3 Å². The van der Waals surface area contributed by atoms with Crippen LogP contribution in [0.5, 0.6) is 0 Å². The Kier molecular flexibility index (Phi) is 6.76. The Bertz CT molecular complexity index is 815. The maximum Gasteiger partial charge on any atom is 0.313 e. The van der Waals surface area contributed by atoms with Crippen LogP contribution in [0.25, 0.3) is 0 Å². The number of carbonyl (C=O) groups excluding carboxylic acids is 2. The van der Waals surface area contributed by atoms with E-state index in [-0.39, 0.29) is 0 Å². The number of aromatic nitrogens is 1. The Morgan fingerprint density at radius 3 is 2.64 bits per heavy atom. The molecule has 0 atom stereocenters. The Morgan fingerprint density at radius 1 is 1.14 bits per heavy atom. The fourth-order valence-electron chi connectivity index (χ4n) is 3.47. The topological polar surface area (TPSA) is 74.3 Å².